The first-order valence-electron chi connectivity index (χ1n) is 7.76. The van der Waals surface area contributed by atoms with Crippen molar-refractivity contribution in [2.24, 2.45) is 0 Å². The number of nitrogens with zero attached hydrogens (tertiary/aromatic N) is 1. The standard InChI is InChI=1S/C18H21FN2O3/c1-2-21(9-10-22)18(23)20-16-7-4-8-17(12-16)24-13-14-5-3-6-15(19)11-14/h3-8,11-12,22H,2,9-10,13H2,1H3,(H,20,23). The normalized spacial score (nSPS) is 10.3. The molecular weight excluding hydrogens is 311 g/mol. The number of benzene rings is 2. The molecule has 0 saturated heterocycles. The molecule has 2 aromatic rings. The van der Waals surface area contributed by atoms with E-state index in [4.69, 9.17) is 9.84 Å². The molecular formula is C18H21FN2O3. The van der Waals surface area contributed by atoms with Crippen LogP contribution in [0, 0.1) is 5.82 Å². The van der Waals surface area contributed by atoms with Crippen molar-refractivity contribution in [1.82, 2.24) is 4.90 Å². The highest BCUT2D eigenvalue weighted by molar-refractivity contribution is 5.89. The molecule has 24 heavy (non-hydrogen) atoms. The number of hydrogen-bond acceptors (Lipinski definition) is 3. The monoisotopic (exact) mass is 332 g/mol. The van der Waals surface area contributed by atoms with Gasteiger partial charge in [-0.05, 0) is 36.8 Å². The second-order valence-electron chi connectivity index (χ2n) is 5.18. The van der Waals surface area contributed by atoms with Gasteiger partial charge in [-0.15, -0.1) is 0 Å². The van der Waals surface area contributed by atoms with E-state index in [-0.39, 0.29) is 31.6 Å². The number of amides is 2. The lowest BCUT2D eigenvalue weighted by Gasteiger charge is -2.20. The van der Waals surface area contributed by atoms with Crippen LogP contribution in [0.25, 0.3) is 0 Å². The van der Waals surface area contributed by atoms with Gasteiger partial charge >= 0.3 is 6.03 Å². The Morgan fingerprint density at radius 3 is 2.75 bits per heavy atom. The van der Waals surface area contributed by atoms with E-state index in [0.29, 0.717) is 18.0 Å². The largest absolute Gasteiger partial charge is 0.489 e. The van der Waals surface area contributed by atoms with Gasteiger partial charge in [0.2, 0.25) is 0 Å². The van der Waals surface area contributed by atoms with Crippen molar-refractivity contribution in [1.29, 1.82) is 0 Å². The summed E-state index contributed by atoms with van der Waals surface area (Å²) in [5, 5.41) is 11.7. The first-order chi connectivity index (χ1) is 11.6. The van der Waals surface area contributed by atoms with E-state index < -0.39 is 0 Å². The average molecular weight is 332 g/mol. The number of nitrogens with one attached hydrogen (secondary N) is 1. The van der Waals surface area contributed by atoms with Crippen LogP contribution < -0.4 is 10.1 Å². The maximum Gasteiger partial charge on any atom is 0.321 e. The lowest BCUT2D eigenvalue weighted by Crippen LogP contribution is -2.36. The molecule has 0 aliphatic rings. The molecule has 0 radical (unpaired) electrons. The van der Waals surface area contributed by atoms with Crippen LogP contribution in [0.5, 0.6) is 5.75 Å². The van der Waals surface area contributed by atoms with Crippen LogP contribution in [-0.2, 0) is 6.61 Å². The Bertz CT molecular complexity index is 679. The maximum atomic E-state index is 13.1. The van der Waals surface area contributed by atoms with Gasteiger partial charge in [-0.25, -0.2) is 9.18 Å². The van der Waals surface area contributed by atoms with E-state index in [1.54, 1.807) is 36.4 Å². The Morgan fingerprint density at radius 2 is 2.04 bits per heavy atom. The molecule has 2 amide bonds. The molecule has 2 N–H and O–H groups in total. The van der Waals surface area contributed by atoms with E-state index in [0.717, 1.165) is 5.56 Å². The third kappa shape index (κ3) is 5.24. The van der Waals surface area contributed by atoms with Gasteiger partial charge in [0.1, 0.15) is 18.2 Å². The lowest BCUT2D eigenvalue weighted by molar-refractivity contribution is 0.192. The van der Waals surface area contributed by atoms with Crippen LogP contribution in [0.15, 0.2) is 48.5 Å². The van der Waals surface area contributed by atoms with Gasteiger partial charge in [0.15, 0.2) is 0 Å². The molecule has 0 heterocycles. The number of hydrogen-bond donors (Lipinski definition) is 2. The number of carbonyl (C=O) groups is 1. The Morgan fingerprint density at radius 1 is 1.25 bits per heavy atom. The average Bonchev–Trinajstić information content (AvgIpc) is 2.58. The molecule has 0 bridgehead atoms. The molecule has 0 spiro atoms. The summed E-state index contributed by atoms with van der Waals surface area (Å²) in [5.41, 5.74) is 1.32. The molecule has 0 fully saturated rings. The van der Waals surface area contributed by atoms with Crippen molar-refractivity contribution in [3.8, 4) is 5.75 Å². The van der Waals surface area contributed by atoms with Crippen molar-refractivity contribution >= 4 is 11.7 Å². The lowest BCUT2D eigenvalue weighted by atomic mass is 10.2. The van der Waals surface area contributed by atoms with Crippen LogP contribution in [-0.4, -0.2) is 35.7 Å². The van der Waals surface area contributed by atoms with Gasteiger partial charge in [-0.2, -0.15) is 0 Å². The van der Waals surface area contributed by atoms with Crippen LogP contribution in [0.3, 0.4) is 0 Å². The number of rotatable bonds is 7. The Hall–Kier alpha value is -2.60. The fourth-order valence-electron chi connectivity index (χ4n) is 2.18. The van der Waals surface area contributed by atoms with Crippen molar-refractivity contribution < 1.29 is 19.0 Å². The van der Waals surface area contributed by atoms with Gasteiger partial charge in [0, 0.05) is 24.8 Å². The highest BCUT2D eigenvalue weighted by Gasteiger charge is 2.11. The minimum Gasteiger partial charge on any atom is -0.489 e. The molecule has 2 rings (SSSR count). The molecule has 0 aliphatic carbocycles. The summed E-state index contributed by atoms with van der Waals surface area (Å²) in [5.74, 6) is 0.267. The first kappa shape index (κ1) is 17.7. The van der Waals surface area contributed by atoms with E-state index in [9.17, 15) is 9.18 Å². The molecule has 6 heteroatoms. The number of halogens is 1. The van der Waals surface area contributed by atoms with Crippen molar-refractivity contribution in [2.45, 2.75) is 13.5 Å². The smallest absolute Gasteiger partial charge is 0.321 e. The van der Waals surface area contributed by atoms with Crippen molar-refractivity contribution in [3.05, 3.63) is 59.9 Å². The fraction of sp³-hybridized carbons (Fsp3) is 0.278. The van der Waals surface area contributed by atoms with Gasteiger partial charge in [0.05, 0.1) is 6.61 Å². The van der Waals surface area contributed by atoms with Gasteiger partial charge in [0.25, 0.3) is 0 Å². The quantitative estimate of drug-likeness (QED) is 0.818. The zero-order valence-electron chi connectivity index (χ0n) is 13.5. The zero-order chi connectivity index (χ0) is 17.4. The zero-order valence-corrected chi connectivity index (χ0v) is 13.5. The predicted molar refractivity (Wildman–Crippen MR) is 90.5 cm³/mol. The number of carbonyl (C=O) groups excluding carboxylic acids is 1. The van der Waals surface area contributed by atoms with Gasteiger partial charge < -0.3 is 20.1 Å². The third-order valence-electron chi connectivity index (χ3n) is 3.42. The van der Waals surface area contributed by atoms with Crippen LogP contribution in [0.4, 0.5) is 14.9 Å². The minimum absolute atomic E-state index is 0.0853. The Labute approximate surface area is 140 Å². The molecule has 0 aromatic heterocycles. The summed E-state index contributed by atoms with van der Waals surface area (Å²) < 4.78 is 18.8. The Kier molecular flexibility index (Phi) is 6.57. The summed E-state index contributed by atoms with van der Waals surface area (Å²) in [6.45, 7) is 2.77. The molecule has 128 valence electrons. The second-order valence-corrected chi connectivity index (χ2v) is 5.18. The summed E-state index contributed by atoms with van der Waals surface area (Å²) in [6.07, 6.45) is 0. The summed E-state index contributed by atoms with van der Waals surface area (Å²) in [6, 6.07) is 12.9. The van der Waals surface area contributed by atoms with Gasteiger partial charge in [-0.3, -0.25) is 0 Å². The number of urea groups is 1. The number of likely N-dealkylation sites (N-methyl/N-ethyl adjacent to an activating group) is 1. The van der Waals surface area contributed by atoms with Gasteiger partial charge in [-0.1, -0.05) is 18.2 Å². The van der Waals surface area contributed by atoms with E-state index in [2.05, 4.69) is 5.32 Å². The topological polar surface area (TPSA) is 61.8 Å². The summed E-state index contributed by atoms with van der Waals surface area (Å²) in [7, 11) is 0. The number of aliphatic hydroxyl groups excluding tert-OH is 1. The fourth-order valence-corrected chi connectivity index (χ4v) is 2.18. The van der Waals surface area contributed by atoms with Crippen molar-refractivity contribution in [3.63, 3.8) is 0 Å². The highest BCUT2D eigenvalue weighted by Crippen LogP contribution is 2.19. The first-order valence-corrected chi connectivity index (χ1v) is 7.76. The molecule has 2 aromatic carbocycles. The molecule has 5 nitrogen and oxygen atoms in total. The third-order valence-corrected chi connectivity index (χ3v) is 3.42. The van der Waals surface area contributed by atoms with Crippen LogP contribution in [0.1, 0.15) is 12.5 Å². The van der Waals surface area contributed by atoms with E-state index in [1.807, 2.05) is 6.92 Å². The number of aliphatic hydroxyl groups is 1. The minimum atomic E-state index is -0.305. The molecule has 0 aliphatic heterocycles. The van der Waals surface area contributed by atoms with Crippen LogP contribution in [0.2, 0.25) is 0 Å². The Balaban J connectivity index is 1.97. The summed E-state index contributed by atoms with van der Waals surface area (Å²) >= 11 is 0. The SMILES string of the molecule is CCN(CCO)C(=O)Nc1cccc(OCc2cccc(F)c2)c1. The van der Waals surface area contributed by atoms with Crippen LogP contribution >= 0.6 is 0 Å². The van der Waals surface area contributed by atoms with E-state index >= 15 is 0 Å². The molecule has 0 saturated carbocycles. The number of ether oxygens (including phenoxy) is 1. The summed E-state index contributed by atoms with van der Waals surface area (Å²) in [4.78, 5) is 13.6. The highest BCUT2D eigenvalue weighted by atomic mass is 19.1. The second kappa shape index (κ2) is 8.88. The van der Waals surface area contributed by atoms with Crippen molar-refractivity contribution in [2.75, 3.05) is 25.0 Å². The maximum absolute atomic E-state index is 13.1. The number of anilines is 1. The molecule has 0 atom stereocenters. The van der Waals surface area contributed by atoms with E-state index in [1.165, 1.54) is 17.0 Å². The molecule has 0 unspecified atom stereocenters. The predicted octanol–water partition coefficient (Wildman–Crippen LogP) is 3.25.